The van der Waals surface area contributed by atoms with E-state index in [4.69, 9.17) is 9.84 Å². The molecule has 4 nitrogen and oxygen atoms in total. The van der Waals surface area contributed by atoms with Crippen LogP contribution in [-0.2, 0) is 14.3 Å². The Morgan fingerprint density at radius 3 is 1.29 bits per heavy atom. The van der Waals surface area contributed by atoms with Crippen LogP contribution in [0.25, 0.3) is 0 Å². The molecule has 0 fully saturated rings. The summed E-state index contributed by atoms with van der Waals surface area (Å²) in [6, 6.07) is 0. The largest absolute Gasteiger partial charge is 0.481 e. The van der Waals surface area contributed by atoms with E-state index in [9.17, 15) is 9.59 Å². The van der Waals surface area contributed by atoms with Crippen LogP contribution in [0.4, 0.5) is 0 Å². The average molecular weight is 441 g/mol. The minimum absolute atomic E-state index is 0.0590. The van der Waals surface area contributed by atoms with Gasteiger partial charge in [0.05, 0.1) is 6.61 Å². The summed E-state index contributed by atoms with van der Waals surface area (Å²) in [4.78, 5) is 22.1. The van der Waals surface area contributed by atoms with E-state index in [1.807, 2.05) is 0 Å². The van der Waals surface area contributed by atoms with Crippen LogP contribution in [0, 0.1) is 0 Å². The van der Waals surface area contributed by atoms with Crippen LogP contribution in [0.1, 0.15) is 155 Å². The summed E-state index contributed by atoms with van der Waals surface area (Å²) in [6.45, 7) is 2.85. The molecule has 0 atom stereocenters. The normalized spacial score (nSPS) is 11.0. The molecular formula is C27H52O4. The molecule has 0 aromatic rings. The smallest absolute Gasteiger partial charge is 0.305 e. The Balaban J connectivity index is 3.15. The lowest BCUT2D eigenvalue weighted by molar-refractivity contribution is -0.144. The molecule has 0 aliphatic heterocycles. The molecular weight excluding hydrogens is 388 g/mol. The van der Waals surface area contributed by atoms with E-state index in [0.717, 1.165) is 44.9 Å². The van der Waals surface area contributed by atoms with Crippen molar-refractivity contribution in [2.24, 2.45) is 0 Å². The van der Waals surface area contributed by atoms with Crippen molar-refractivity contribution in [1.29, 1.82) is 0 Å². The van der Waals surface area contributed by atoms with Gasteiger partial charge in [-0.3, -0.25) is 9.59 Å². The number of aliphatic carboxylic acids is 1. The van der Waals surface area contributed by atoms with E-state index in [-0.39, 0.29) is 12.4 Å². The van der Waals surface area contributed by atoms with Gasteiger partial charge in [0.2, 0.25) is 0 Å². The van der Waals surface area contributed by atoms with Gasteiger partial charge in [-0.15, -0.1) is 0 Å². The van der Waals surface area contributed by atoms with Crippen LogP contribution >= 0.6 is 0 Å². The van der Waals surface area contributed by atoms with Crippen LogP contribution < -0.4 is 0 Å². The average Bonchev–Trinajstić information content (AvgIpc) is 2.75. The minimum atomic E-state index is -0.711. The zero-order valence-electron chi connectivity index (χ0n) is 20.6. The predicted octanol–water partition coefficient (Wildman–Crippen LogP) is 8.61. The molecule has 0 aliphatic carbocycles. The third kappa shape index (κ3) is 26.9. The third-order valence-corrected chi connectivity index (χ3v) is 6.03. The summed E-state index contributed by atoms with van der Waals surface area (Å²) in [5.41, 5.74) is 0. The molecule has 0 aromatic carbocycles. The molecule has 0 unspecified atom stereocenters. The fourth-order valence-corrected chi connectivity index (χ4v) is 3.98. The molecule has 184 valence electrons. The fourth-order valence-electron chi connectivity index (χ4n) is 3.98. The number of unbranched alkanes of at least 4 members (excludes halogenated alkanes) is 19. The number of ether oxygens (including phenoxy) is 1. The van der Waals surface area contributed by atoms with E-state index in [0.29, 0.717) is 13.0 Å². The first-order valence-electron chi connectivity index (χ1n) is 13.5. The molecule has 4 heteroatoms. The first-order chi connectivity index (χ1) is 15.2. The van der Waals surface area contributed by atoms with Crippen molar-refractivity contribution in [3.63, 3.8) is 0 Å². The molecule has 31 heavy (non-hydrogen) atoms. The van der Waals surface area contributed by atoms with Gasteiger partial charge in [0, 0.05) is 12.8 Å². The highest BCUT2D eigenvalue weighted by molar-refractivity contribution is 5.69. The topological polar surface area (TPSA) is 63.6 Å². The highest BCUT2D eigenvalue weighted by Gasteiger charge is 2.03. The molecule has 0 spiro atoms. The van der Waals surface area contributed by atoms with Crippen molar-refractivity contribution in [3.05, 3.63) is 0 Å². The summed E-state index contributed by atoms with van der Waals surface area (Å²) in [5.74, 6) is -0.770. The monoisotopic (exact) mass is 440 g/mol. The van der Waals surface area contributed by atoms with Crippen molar-refractivity contribution in [2.75, 3.05) is 6.61 Å². The van der Waals surface area contributed by atoms with Gasteiger partial charge < -0.3 is 9.84 Å². The molecule has 0 saturated heterocycles. The Kier molecular flexibility index (Phi) is 24.3. The molecule has 0 radical (unpaired) electrons. The molecule has 0 rings (SSSR count). The van der Waals surface area contributed by atoms with Crippen molar-refractivity contribution < 1.29 is 19.4 Å². The number of esters is 1. The van der Waals surface area contributed by atoms with Gasteiger partial charge >= 0.3 is 11.9 Å². The van der Waals surface area contributed by atoms with Crippen molar-refractivity contribution in [2.45, 2.75) is 155 Å². The molecule has 0 aromatic heterocycles. The summed E-state index contributed by atoms with van der Waals surface area (Å²) in [6.07, 6.45) is 26.7. The van der Waals surface area contributed by atoms with Crippen LogP contribution in [0.15, 0.2) is 0 Å². The molecule has 0 amide bonds. The van der Waals surface area contributed by atoms with Gasteiger partial charge in [-0.1, -0.05) is 122 Å². The fraction of sp³-hybridized carbons (Fsp3) is 0.926. The molecule has 1 N–H and O–H groups in total. The van der Waals surface area contributed by atoms with Crippen molar-refractivity contribution >= 4 is 11.9 Å². The number of hydrogen-bond donors (Lipinski definition) is 1. The quantitative estimate of drug-likeness (QED) is 0.114. The summed E-state index contributed by atoms with van der Waals surface area (Å²) >= 11 is 0. The Hall–Kier alpha value is -1.06. The lowest BCUT2D eigenvalue weighted by Crippen LogP contribution is -2.05. The second-order valence-electron chi connectivity index (χ2n) is 9.19. The maximum absolute atomic E-state index is 11.7. The van der Waals surface area contributed by atoms with Crippen LogP contribution in [-0.4, -0.2) is 23.7 Å². The number of rotatable bonds is 25. The van der Waals surface area contributed by atoms with Crippen LogP contribution in [0.5, 0.6) is 0 Å². The van der Waals surface area contributed by atoms with E-state index in [1.165, 1.54) is 89.9 Å². The first-order valence-corrected chi connectivity index (χ1v) is 13.5. The van der Waals surface area contributed by atoms with Gasteiger partial charge in [0.15, 0.2) is 0 Å². The standard InChI is InChI=1S/C27H52O4/c1-2-3-4-5-6-7-8-9-10-11-12-13-16-19-22-25-31-27(30)24-21-18-15-14-17-20-23-26(28)29/h2-25H2,1H3,(H,28,29). The Morgan fingerprint density at radius 2 is 0.871 bits per heavy atom. The number of carbonyl (C=O) groups is 2. The highest BCUT2D eigenvalue weighted by Crippen LogP contribution is 2.13. The van der Waals surface area contributed by atoms with E-state index in [1.54, 1.807) is 0 Å². The van der Waals surface area contributed by atoms with E-state index in [2.05, 4.69) is 6.92 Å². The molecule has 0 bridgehead atoms. The number of carboxylic acid groups (broad SMARTS) is 1. The Bertz CT molecular complexity index is 395. The maximum atomic E-state index is 11.7. The highest BCUT2D eigenvalue weighted by atomic mass is 16.5. The zero-order chi connectivity index (χ0) is 22.8. The zero-order valence-corrected chi connectivity index (χ0v) is 20.6. The van der Waals surface area contributed by atoms with E-state index >= 15 is 0 Å². The number of hydrogen-bond acceptors (Lipinski definition) is 3. The van der Waals surface area contributed by atoms with Gasteiger partial charge in [-0.2, -0.15) is 0 Å². The summed E-state index contributed by atoms with van der Waals surface area (Å²) in [5, 5.41) is 8.57. The van der Waals surface area contributed by atoms with Crippen LogP contribution in [0.3, 0.4) is 0 Å². The molecule has 0 heterocycles. The van der Waals surface area contributed by atoms with Crippen LogP contribution in [0.2, 0.25) is 0 Å². The minimum Gasteiger partial charge on any atom is -0.481 e. The Labute approximate surface area is 192 Å². The van der Waals surface area contributed by atoms with E-state index < -0.39 is 5.97 Å². The predicted molar refractivity (Wildman–Crippen MR) is 130 cm³/mol. The second-order valence-corrected chi connectivity index (χ2v) is 9.19. The number of carboxylic acids is 1. The van der Waals surface area contributed by atoms with Gasteiger partial charge in [0.1, 0.15) is 0 Å². The van der Waals surface area contributed by atoms with Crippen molar-refractivity contribution in [3.8, 4) is 0 Å². The van der Waals surface area contributed by atoms with Gasteiger partial charge in [0.25, 0.3) is 0 Å². The second kappa shape index (κ2) is 25.2. The third-order valence-electron chi connectivity index (χ3n) is 6.03. The Morgan fingerprint density at radius 1 is 0.516 bits per heavy atom. The van der Waals surface area contributed by atoms with Gasteiger partial charge in [-0.05, 0) is 19.3 Å². The van der Waals surface area contributed by atoms with Crippen molar-refractivity contribution in [1.82, 2.24) is 0 Å². The lowest BCUT2D eigenvalue weighted by atomic mass is 10.0. The SMILES string of the molecule is CCCCCCCCCCCCCCCCCOC(=O)CCCCCCCCC(=O)O. The van der Waals surface area contributed by atoms with Gasteiger partial charge in [-0.25, -0.2) is 0 Å². The summed E-state index contributed by atoms with van der Waals surface area (Å²) in [7, 11) is 0. The maximum Gasteiger partial charge on any atom is 0.305 e. The molecule has 0 saturated carbocycles. The molecule has 0 aliphatic rings. The summed E-state index contributed by atoms with van der Waals surface area (Å²) < 4.78 is 5.32. The lowest BCUT2D eigenvalue weighted by Gasteiger charge is -2.05. The number of carbonyl (C=O) groups excluding carboxylic acids is 1. The first kappa shape index (κ1) is 29.9.